The summed E-state index contributed by atoms with van der Waals surface area (Å²) >= 11 is 0. The van der Waals surface area contributed by atoms with Gasteiger partial charge < -0.3 is 15.0 Å². The molecule has 1 N–H and O–H groups in total. The summed E-state index contributed by atoms with van der Waals surface area (Å²) in [6, 6.07) is 2.27. The fraction of sp³-hybridized carbons (Fsp3) is 0.812. The van der Waals surface area contributed by atoms with Crippen LogP contribution in [0.2, 0.25) is 0 Å². The second-order valence-corrected chi connectivity index (χ2v) is 6.47. The molecule has 1 aliphatic heterocycles. The lowest BCUT2D eigenvalue weighted by molar-refractivity contribution is -0.136. The summed E-state index contributed by atoms with van der Waals surface area (Å²) in [5, 5.41) is 12.3. The van der Waals surface area contributed by atoms with Crippen LogP contribution in [0, 0.1) is 11.3 Å². The van der Waals surface area contributed by atoms with Gasteiger partial charge in [-0.05, 0) is 19.9 Å². The zero-order valence-electron chi connectivity index (χ0n) is 13.8. The van der Waals surface area contributed by atoms with Crippen molar-refractivity contribution in [1.82, 2.24) is 15.1 Å². The lowest BCUT2D eigenvalue weighted by Crippen LogP contribution is -2.52. The fourth-order valence-electron chi connectivity index (χ4n) is 3.17. The highest BCUT2D eigenvalue weighted by Gasteiger charge is 2.33. The summed E-state index contributed by atoms with van der Waals surface area (Å²) in [7, 11) is 1.75. The number of hydrogen-bond acceptors (Lipinski definition) is 5. The monoisotopic (exact) mass is 322 g/mol. The van der Waals surface area contributed by atoms with Gasteiger partial charge in [-0.1, -0.05) is 19.3 Å². The number of morpholine rings is 1. The van der Waals surface area contributed by atoms with Gasteiger partial charge in [0.15, 0.2) is 0 Å². The average Bonchev–Trinajstić information content (AvgIpc) is 2.56. The molecule has 0 atom stereocenters. The van der Waals surface area contributed by atoms with Crippen molar-refractivity contribution in [3.63, 3.8) is 0 Å². The number of hydrogen-bond donors (Lipinski definition) is 1. The van der Waals surface area contributed by atoms with Crippen LogP contribution in [0.5, 0.6) is 0 Å². The molecule has 2 aliphatic rings. The molecule has 7 heteroatoms. The van der Waals surface area contributed by atoms with E-state index in [-0.39, 0.29) is 24.9 Å². The number of nitriles is 1. The van der Waals surface area contributed by atoms with Crippen molar-refractivity contribution in [2.75, 3.05) is 46.4 Å². The van der Waals surface area contributed by atoms with E-state index < -0.39 is 5.54 Å². The van der Waals surface area contributed by atoms with Crippen molar-refractivity contribution in [1.29, 1.82) is 5.26 Å². The van der Waals surface area contributed by atoms with Gasteiger partial charge in [-0.25, -0.2) is 0 Å². The maximum atomic E-state index is 12.2. The van der Waals surface area contributed by atoms with E-state index in [4.69, 9.17) is 4.74 Å². The van der Waals surface area contributed by atoms with Gasteiger partial charge in [0, 0.05) is 13.1 Å². The molecule has 23 heavy (non-hydrogen) atoms. The second-order valence-electron chi connectivity index (χ2n) is 6.47. The third-order valence-corrected chi connectivity index (χ3v) is 4.48. The molecule has 0 bridgehead atoms. The molecule has 0 aromatic carbocycles. The Morgan fingerprint density at radius 2 is 1.87 bits per heavy atom. The predicted octanol–water partition coefficient (Wildman–Crippen LogP) is 0.120. The van der Waals surface area contributed by atoms with Crippen molar-refractivity contribution in [2.45, 2.75) is 37.6 Å². The van der Waals surface area contributed by atoms with Crippen molar-refractivity contribution in [3.8, 4) is 6.07 Å². The Bertz CT molecular complexity index is 462. The van der Waals surface area contributed by atoms with Crippen LogP contribution in [0.4, 0.5) is 0 Å². The number of nitrogens with one attached hydrogen (secondary N) is 1. The molecule has 1 aliphatic carbocycles. The molecular formula is C16H26N4O3. The molecule has 1 heterocycles. The molecule has 1 saturated heterocycles. The zero-order chi connectivity index (χ0) is 16.7. The van der Waals surface area contributed by atoms with Crippen LogP contribution in [-0.2, 0) is 14.3 Å². The maximum Gasteiger partial charge on any atom is 0.236 e. The largest absolute Gasteiger partial charge is 0.378 e. The fourth-order valence-corrected chi connectivity index (χ4v) is 3.17. The molecule has 0 aromatic heterocycles. The molecule has 2 fully saturated rings. The Hall–Kier alpha value is -1.65. The van der Waals surface area contributed by atoms with Crippen molar-refractivity contribution < 1.29 is 14.3 Å². The van der Waals surface area contributed by atoms with E-state index in [2.05, 4.69) is 11.4 Å². The van der Waals surface area contributed by atoms with E-state index in [0.29, 0.717) is 39.1 Å². The van der Waals surface area contributed by atoms with Gasteiger partial charge in [-0.15, -0.1) is 0 Å². The van der Waals surface area contributed by atoms with Gasteiger partial charge >= 0.3 is 0 Å². The van der Waals surface area contributed by atoms with Crippen molar-refractivity contribution in [2.24, 2.45) is 0 Å². The second kappa shape index (κ2) is 8.27. The summed E-state index contributed by atoms with van der Waals surface area (Å²) in [5.41, 5.74) is -0.718. The normalized spacial score (nSPS) is 20.8. The first kappa shape index (κ1) is 17.7. The number of carbonyl (C=O) groups is 2. The number of ether oxygens (including phenoxy) is 1. The number of carbonyl (C=O) groups excluding carboxylic acids is 2. The van der Waals surface area contributed by atoms with Crippen LogP contribution < -0.4 is 5.32 Å². The van der Waals surface area contributed by atoms with Crippen LogP contribution in [-0.4, -0.2) is 73.6 Å². The zero-order valence-corrected chi connectivity index (χ0v) is 13.8. The van der Waals surface area contributed by atoms with E-state index in [0.717, 1.165) is 19.3 Å². The first-order chi connectivity index (χ1) is 11.0. The van der Waals surface area contributed by atoms with Crippen LogP contribution in [0.15, 0.2) is 0 Å². The topological polar surface area (TPSA) is 85.7 Å². The van der Waals surface area contributed by atoms with Crippen LogP contribution in [0.25, 0.3) is 0 Å². The van der Waals surface area contributed by atoms with Gasteiger partial charge in [-0.2, -0.15) is 5.26 Å². The van der Waals surface area contributed by atoms with Gasteiger partial charge in [0.25, 0.3) is 0 Å². The van der Waals surface area contributed by atoms with E-state index in [9.17, 15) is 14.9 Å². The van der Waals surface area contributed by atoms with Crippen LogP contribution >= 0.6 is 0 Å². The first-order valence-electron chi connectivity index (χ1n) is 8.31. The van der Waals surface area contributed by atoms with Crippen LogP contribution in [0.3, 0.4) is 0 Å². The lowest BCUT2D eigenvalue weighted by Gasteiger charge is -2.32. The quantitative estimate of drug-likeness (QED) is 0.777. The molecule has 0 spiro atoms. The molecule has 0 aromatic rings. The van der Waals surface area contributed by atoms with Crippen molar-refractivity contribution >= 4 is 11.8 Å². The highest BCUT2D eigenvalue weighted by Crippen LogP contribution is 2.27. The smallest absolute Gasteiger partial charge is 0.236 e. The van der Waals surface area contributed by atoms with Gasteiger partial charge in [-0.3, -0.25) is 14.5 Å². The maximum absolute atomic E-state index is 12.2. The lowest BCUT2D eigenvalue weighted by atomic mass is 9.83. The Balaban J connectivity index is 1.77. The summed E-state index contributed by atoms with van der Waals surface area (Å²) in [6.45, 7) is 2.68. The highest BCUT2D eigenvalue weighted by molar-refractivity contribution is 5.82. The van der Waals surface area contributed by atoms with E-state index in [1.807, 2.05) is 0 Å². The molecule has 0 radical (unpaired) electrons. The molecule has 2 amide bonds. The Morgan fingerprint density at radius 1 is 1.22 bits per heavy atom. The minimum Gasteiger partial charge on any atom is -0.378 e. The van der Waals surface area contributed by atoms with Crippen molar-refractivity contribution in [3.05, 3.63) is 0 Å². The summed E-state index contributed by atoms with van der Waals surface area (Å²) in [6.07, 6.45) is 4.49. The Morgan fingerprint density at radius 3 is 2.48 bits per heavy atom. The average molecular weight is 322 g/mol. The Labute approximate surface area is 137 Å². The minimum absolute atomic E-state index is 0.0104. The van der Waals surface area contributed by atoms with Gasteiger partial charge in [0.1, 0.15) is 5.54 Å². The van der Waals surface area contributed by atoms with Gasteiger partial charge in [0.05, 0.1) is 32.4 Å². The highest BCUT2D eigenvalue weighted by atomic mass is 16.5. The summed E-state index contributed by atoms with van der Waals surface area (Å²) in [5.74, 6) is -0.179. The SMILES string of the molecule is CN(CC(=O)NC1(C#N)CCCCC1)CC(=O)N1CCOCC1. The number of rotatable bonds is 5. The first-order valence-corrected chi connectivity index (χ1v) is 8.31. The molecule has 1 saturated carbocycles. The predicted molar refractivity (Wildman–Crippen MR) is 84.5 cm³/mol. The summed E-state index contributed by atoms with van der Waals surface area (Å²) < 4.78 is 5.23. The molecular weight excluding hydrogens is 296 g/mol. The minimum atomic E-state index is -0.718. The number of amides is 2. The number of nitrogens with zero attached hydrogens (tertiary/aromatic N) is 3. The van der Waals surface area contributed by atoms with Crippen LogP contribution in [0.1, 0.15) is 32.1 Å². The summed E-state index contributed by atoms with van der Waals surface area (Å²) in [4.78, 5) is 27.8. The van der Waals surface area contributed by atoms with Gasteiger partial charge in [0.2, 0.25) is 11.8 Å². The molecule has 128 valence electrons. The molecule has 2 rings (SSSR count). The number of likely N-dealkylation sites (N-methyl/N-ethyl adjacent to an activating group) is 1. The molecule has 7 nitrogen and oxygen atoms in total. The standard InChI is InChI=1S/C16H26N4O3/c1-19(12-15(22)20-7-9-23-10-8-20)11-14(21)18-16(13-17)5-3-2-4-6-16/h2-12H2,1H3,(H,18,21). The third-order valence-electron chi connectivity index (χ3n) is 4.48. The van der Waals surface area contributed by atoms with E-state index >= 15 is 0 Å². The van der Waals surface area contributed by atoms with E-state index in [1.54, 1.807) is 16.8 Å². The third kappa shape index (κ3) is 5.19. The Kier molecular flexibility index (Phi) is 6.37. The molecule has 0 unspecified atom stereocenters. The van der Waals surface area contributed by atoms with E-state index in [1.165, 1.54) is 0 Å².